The first-order valence-corrected chi connectivity index (χ1v) is 9.67. The van der Waals surface area contributed by atoms with Crippen LogP contribution in [0.4, 0.5) is 0 Å². The lowest BCUT2D eigenvalue weighted by Gasteiger charge is -2.29. The van der Waals surface area contributed by atoms with Gasteiger partial charge in [0, 0.05) is 32.2 Å². The summed E-state index contributed by atoms with van der Waals surface area (Å²) in [6.45, 7) is 1.00. The number of fused-ring (bicyclic) bond motifs is 2. The van der Waals surface area contributed by atoms with E-state index < -0.39 is 15.8 Å². The molecule has 138 valence electrons. The largest absolute Gasteiger partial charge is 0.419 e. The molecule has 2 aromatic rings. The zero-order valence-corrected chi connectivity index (χ0v) is 15.6. The SMILES string of the molecule is Cl.Cn1c(=O)oc2cc(S(=O)(=O)N3CC4CCCC(N)C4C3)ccc21. The normalized spacial score (nSPS) is 27.2. The van der Waals surface area contributed by atoms with Gasteiger partial charge in [0.2, 0.25) is 10.0 Å². The molecule has 25 heavy (non-hydrogen) atoms. The van der Waals surface area contributed by atoms with Crippen LogP contribution in [0.2, 0.25) is 0 Å². The summed E-state index contributed by atoms with van der Waals surface area (Å²) in [5, 5.41) is 0. The average Bonchev–Trinajstić information content (AvgIpc) is 3.11. The van der Waals surface area contributed by atoms with E-state index in [1.807, 2.05) is 0 Å². The Hall–Kier alpha value is -1.35. The van der Waals surface area contributed by atoms with Gasteiger partial charge in [0.15, 0.2) is 5.58 Å². The Morgan fingerprint density at radius 1 is 1.24 bits per heavy atom. The zero-order valence-electron chi connectivity index (χ0n) is 13.9. The van der Waals surface area contributed by atoms with E-state index in [0.717, 1.165) is 19.3 Å². The molecule has 3 atom stereocenters. The number of halogens is 1. The molecule has 2 aliphatic rings. The monoisotopic (exact) mass is 387 g/mol. The molecule has 0 amide bonds. The summed E-state index contributed by atoms with van der Waals surface area (Å²) in [6.07, 6.45) is 3.07. The molecule has 7 nitrogen and oxygen atoms in total. The number of oxazole rings is 1. The second-order valence-corrected chi connectivity index (χ2v) is 8.84. The van der Waals surface area contributed by atoms with Crippen molar-refractivity contribution in [1.29, 1.82) is 0 Å². The van der Waals surface area contributed by atoms with Crippen molar-refractivity contribution in [3.05, 3.63) is 28.7 Å². The molecule has 1 saturated heterocycles. The molecular formula is C16H22ClN3O4S. The lowest BCUT2D eigenvalue weighted by atomic mass is 9.78. The zero-order chi connectivity index (χ0) is 17.1. The molecule has 2 heterocycles. The summed E-state index contributed by atoms with van der Waals surface area (Å²) in [5.41, 5.74) is 7.05. The predicted molar refractivity (Wildman–Crippen MR) is 96.3 cm³/mol. The third-order valence-corrected chi connectivity index (χ3v) is 7.35. The average molecular weight is 388 g/mol. The van der Waals surface area contributed by atoms with Crippen molar-refractivity contribution < 1.29 is 12.8 Å². The first kappa shape index (κ1) is 18.4. The number of benzene rings is 1. The van der Waals surface area contributed by atoms with Gasteiger partial charge in [0.1, 0.15) is 0 Å². The van der Waals surface area contributed by atoms with Gasteiger partial charge in [-0.1, -0.05) is 6.42 Å². The fraction of sp³-hybridized carbons (Fsp3) is 0.562. The highest BCUT2D eigenvalue weighted by Crippen LogP contribution is 2.38. The highest BCUT2D eigenvalue weighted by atomic mass is 35.5. The fourth-order valence-corrected chi connectivity index (χ4v) is 5.65. The van der Waals surface area contributed by atoms with Gasteiger partial charge in [-0.2, -0.15) is 4.31 Å². The molecule has 0 spiro atoms. The summed E-state index contributed by atoms with van der Waals surface area (Å²) in [7, 11) is -2.02. The van der Waals surface area contributed by atoms with Crippen LogP contribution in [0.1, 0.15) is 19.3 Å². The van der Waals surface area contributed by atoms with Gasteiger partial charge >= 0.3 is 5.76 Å². The quantitative estimate of drug-likeness (QED) is 0.837. The van der Waals surface area contributed by atoms with Crippen LogP contribution in [0, 0.1) is 11.8 Å². The number of nitrogens with two attached hydrogens (primary N) is 1. The number of hydrogen-bond acceptors (Lipinski definition) is 5. The first-order valence-electron chi connectivity index (χ1n) is 8.23. The summed E-state index contributed by atoms with van der Waals surface area (Å²) in [5.74, 6) is 0.0894. The lowest BCUT2D eigenvalue weighted by molar-refractivity contribution is 0.260. The van der Waals surface area contributed by atoms with Crippen molar-refractivity contribution in [2.45, 2.75) is 30.2 Å². The lowest BCUT2D eigenvalue weighted by Crippen LogP contribution is -2.38. The van der Waals surface area contributed by atoms with Crippen LogP contribution in [0.25, 0.3) is 11.1 Å². The highest BCUT2D eigenvalue weighted by molar-refractivity contribution is 7.89. The first-order chi connectivity index (χ1) is 11.4. The maximum Gasteiger partial charge on any atom is 0.419 e. The number of rotatable bonds is 2. The van der Waals surface area contributed by atoms with E-state index in [4.69, 9.17) is 10.2 Å². The smallest absolute Gasteiger partial charge is 0.408 e. The van der Waals surface area contributed by atoms with Crippen molar-refractivity contribution in [1.82, 2.24) is 8.87 Å². The van der Waals surface area contributed by atoms with E-state index in [2.05, 4.69) is 0 Å². The molecule has 0 bridgehead atoms. The molecule has 1 aromatic heterocycles. The standard InChI is InChI=1S/C16H21N3O4S.ClH/c1-18-14-6-5-11(7-15(14)23-16(18)20)24(21,22)19-8-10-3-2-4-13(17)12(10)9-19;/h5-7,10,12-13H,2-4,8-9,17H2,1H3;1H. The molecule has 1 saturated carbocycles. The second kappa shape index (κ2) is 6.42. The second-order valence-electron chi connectivity index (χ2n) is 6.90. The van der Waals surface area contributed by atoms with E-state index in [1.54, 1.807) is 13.1 Å². The van der Waals surface area contributed by atoms with Crippen molar-refractivity contribution in [3.63, 3.8) is 0 Å². The molecule has 4 rings (SSSR count). The van der Waals surface area contributed by atoms with Crippen LogP contribution < -0.4 is 11.5 Å². The molecule has 1 aromatic carbocycles. The maximum absolute atomic E-state index is 13.0. The molecule has 3 unspecified atom stereocenters. The van der Waals surface area contributed by atoms with Gasteiger partial charge in [-0.05, 0) is 36.8 Å². The van der Waals surface area contributed by atoms with E-state index in [-0.39, 0.29) is 34.8 Å². The third kappa shape index (κ3) is 2.91. The Bertz CT molecular complexity index is 952. The van der Waals surface area contributed by atoms with Crippen LogP contribution in [0.5, 0.6) is 0 Å². The van der Waals surface area contributed by atoms with Crippen molar-refractivity contribution in [3.8, 4) is 0 Å². The van der Waals surface area contributed by atoms with E-state index in [9.17, 15) is 13.2 Å². The Morgan fingerprint density at radius 3 is 2.72 bits per heavy atom. The van der Waals surface area contributed by atoms with Crippen LogP contribution in [-0.4, -0.2) is 36.4 Å². The summed E-state index contributed by atoms with van der Waals surface area (Å²) in [6, 6.07) is 4.67. The van der Waals surface area contributed by atoms with E-state index in [0.29, 0.717) is 24.5 Å². The number of aryl methyl sites for hydroxylation is 1. The topological polar surface area (TPSA) is 98.5 Å². The molecule has 2 fully saturated rings. The molecule has 1 aliphatic carbocycles. The summed E-state index contributed by atoms with van der Waals surface area (Å²) < 4.78 is 34.0. The van der Waals surface area contributed by atoms with Gasteiger partial charge < -0.3 is 10.2 Å². The van der Waals surface area contributed by atoms with Gasteiger partial charge in [0.25, 0.3) is 0 Å². The Kier molecular flexibility index (Phi) is 4.74. The molecule has 1 aliphatic heterocycles. The number of sulfonamides is 1. The van der Waals surface area contributed by atoms with Crippen molar-refractivity contribution >= 4 is 33.5 Å². The summed E-state index contributed by atoms with van der Waals surface area (Å²) in [4.78, 5) is 11.7. The Labute approximate surface area is 152 Å². The fourth-order valence-electron chi connectivity index (χ4n) is 4.10. The minimum Gasteiger partial charge on any atom is -0.408 e. The highest BCUT2D eigenvalue weighted by Gasteiger charge is 2.43. The number of aromatic nitrogens is 1. The minimum atomic E-state index is -3.61. The van der Waals surface area contributed by atoms with E-state index in [1.165, 1.54) is 21.0 Å². The van der Waals surface area contributed by atoms with Gasteiger partial charge in [0.05, 0.1) is 10.4 Å². The molecule has 9 heteroatoms. The van der Waals surface area contributed by atoms with Gasteiger partial charge in [-0.3, -0.25) is 4.57 Å². The molecule has 2 N–H and O–H groups in total. The van der Waals surface area contributed by atoms with E-state index >= 15 is 0 Å². The van der Waals surface area contributed by atoms with Crippen LogP contribution in [-0.2, 0) is 17.1 Å². The van der Waals surface area contributed by atoms with Crippen molar-refractivity contribution in [2.24, 2.45) is 24.6 Å². The predicted octanol–water partition coefficient (Wildman–Crippen LogP) is 1.30. The molecule has 0 radical (unpaired) electrons. The maximum atomic E-state index is 13.0. The summed E-state index contributed by atoms with van der Waals surface area (Å²) >= 11 is 0. The van der Waals surface area contributed by atoms with Gasteiger partial charge in [-0.25, -0.2) is 13.2 Å². The van der Waals surface area contributed by atoms with Crippen LogP contribution >= 0.6 is 12.4 Å². The number of nitrogens with zero attached hydrogens (tertiary/aromatic N) is 2. The van der Waals surface area contributed by atoms with Crippen LogP contribution in [0.15, 0.2) is 32.3 Å². The van der Waals surface area contributed by atoms with Crippen molar-refractivity contribution in [2.75, 3.05) is 13.1 Å². The van der Waals surface area contributed by atoms with Gasteiger partial charge in [-0.15, -0.1) is 12.4 Å². The Morgan fingerprint density at radius 2 is 2.00 bits per heavy atom. The molecular weight excluding hydrogens is 366 g/mol. The van der Waals surface area contributed by atoms with Crippen LogP contribution in [0.3, 0.4) is 0 Å². The third-order valence-electron chi connectivity index (χ3n) is 5.52. The number of hydrogen-bond donors (Lipinski definition) is 1. The Balaban J connectivity index is 0.00000182. The minimum absolute atomic E-state index is 0.